The summed E-state index contributed by atoms with van der Waals surface area (Å²) in [5, 5.41) is 21.1. The number of rotatable bonds is 6. The molecule has 1 rings (SSSR count). The number of amides is 2. The van der Waals surface area contributed by atoms with Crippen molar-refractivity contribution in [3.63, 3.8) is 0 Å². The third-order valence-electron chi connectivity index (χ3n) is 2.88. The van der Waals surface area contributed by atoms with E-state index in [0.29, 0.717) is 6.54 Å². The van der Waals surface area contributed by atoms with Crippen LogP contribution >= 0.6 is 11.8 Å². The van der Waals surface area contributed by atoms with Gasteiger partial charge in [-0.05, 0) is 24.9 Å². The van der Waals surface area contributed by atoms with Crippen LogP contribution in [0.25, 0.3) is 0 Å². The fourth-order valence-corrected chi connectivity index (χ4v) is 2.43. The van der Waals surface area contributed by atoms with Crippen molar-refractivity contribution in [3.8, 4) is 0 Å². The monoisotopic (exact) mass is 276 g/mol. The summed E-state index contributed by atoms with van der Waals surface area (Å²) in [4.78, 5) is 23.9. The number of carbonyl (C=O) groups is 2. The van der Waals surface area contributed by atoms with Crippen molar-refractivity contribution in [3.05, 3.63) is 0 Å². The van der Waals surface area contributed by atoms with Gasteiger partial charge in [-0.1, -0.05) is 0 Å². The SMILES string of the molecule is CSCCCCNC(=O)N1CC(O)CC1C(=O)O. The molecule has 0 radical (unpaired) electrons. The zero-order valence-corrected chi connectivity index (χ0v) is 11.3. The second-order valence-electron chi connectivity index (χ2n) is 4.33. The number of thioether (sulfide) groups is 1. The predicted octanol–water partition coefficient (Wildman–Crippen LogP) is 0.359. The van der Waals surface area contributed by atoms with Gasteiger partial charge in [0.25, 0.3) is 0 Å². The van der Waals surface area contributed by atoms with E-state index in [1.807, 2.05) is 6.26 Å². The Morgan fingerprint density at radius 1 is 1.44 bits per heavy atom. The van der Waals surface area contributed by atoms with Crippen LogP contribution in [0.5, 0.6) is 0 Å². The molecule has 0 spiro atoms. The number of unbranched alkanes of at least 4 members (excludes halogenated alkanes) is 1. The Kier molecular flexibility index (Phi) is 6.28. The highest BCUT2D eigenvalue weighted by Gasteiger charge is 2.38. The molecule has 0 aromatic heterocycles. The summed E-state index contributed by atoms with van der Waals surface area (Å²) >= 11 is 1.76. The van der Waals surface area contributed by atoms with Crippen molar-refractivity contribution in [2.24, 2.45) is 0 Å². The van der Waals surface area contributed by atoms with E-state index in [1.165, 1.54) is 4.90 Å². The van der Waals surface area contributed by atoms with Gasteiger partial charge in [0.1, 0.15) is 6.04 Å². The van der Waals surface area contributed by atoms with Crippen LogP contribution in [0.2, 0.25) is 0 Å². The number of carbonyl (C=O) groups excluding carboxylic acids is 1. The minimum Gasteiger partial charge on any atom is -0.480 e. The minimum atomic E-state index is -1.07. The second kappa shape index (κ2) is 7.48. The number of hydrogen-bond donors (Lipinski definition) is 3. The lowest BCUT2D eigenvalue weighted by atomic mass is 10.2. The zero-order valence-electron chi connectivity index (χ0n) is 10.5. The van der Waals surface area contributed by atoms with Gasteiger partial charge in [0.2, 0.25) is 0 Å². The summed E-state index contributed by atoms with van der Waals surface area (Å²) in [6.07, 6.45) is 3.29. The van der Waals surface area contributed by atoms with Crippen molar-refractivity contribution in [1.82, 2.24) is 10.2 Å². The van der Waals surface area contributed by atoms with Gasteiger partial charge >= 0.3 is 12.0 Å². The molecule has 0 aromatic carbocycles. The maximum Gasteiger partial charge on any atom is 0.326 e. The van der Waals surface area contributed by atoms with E-state index < -0.39 is 24.1 Å². The summed E-state index contributed by atoms with van der Waals surface area (Å²) in [5.41, 5.74) is 0. The number of nitrogens with zero attached hydrogens (tertiary/aromatic N) is 1. The number of nitrogens with one attached hydrogen (secondary N) is 1. The van der Waals surface area contributed by atoms with Crippen molar-refractivity contribution < 1.29 is 19.8 Å². The van der Waals surface area contributed by atoms with Crippen molar-refractivity contribution in [1.29, 1.82) is 0 Å². The molecule has 2 amide bonds. The van der Waals surface area contributed by atoms with Crippen molar-refractivity contribution >= 4 is 23.8 Å². The van der Waals surface area contributed by atoms with Crippen LogP contribution in [-0.2, 0) is 4.79 Å². The molecule has 6 nitrogen and oxygen atoms in total. The van der Waals surface area contributed by atoms with E-state index in [4.69, 9.17) is 5.11 Å². The number of carboxylic acid groups (broad SMARTS) is 1. The summed E-state index contributed by atoms with van der Waals surface area (Å²) in [5.74, 6) is -0.0140. The van der Waals surface area contributed by atoms with Crippen LogP contribution in [0.3, 0.4) is 0 Å². The first-order chi connectivity index (χ1) is 8.56. The van der Waals surface area contributed by atoms with E-state index >= 15 is 0 Å². The number of carboxylic acids is 1. The number of urea groups is 1. The molecule has 0 aromatic rings. The molecule has 3 N–H and O–H groups in total. The average Bonchev–Trinajstić information content (AvgIpc) is 2.71. The zero-order chi connectivity index (χ0) is 13.5. The van der Waals surface area contributed by atoms with Crippen LogP contribution in [0.4, 0.5) is 4.79 Å². The molecule has 0 aliphatic carbocycles. The maximum absolute atomic E-state index is 11.8. The first-order valence-corrected chi connectivity index (χ1v) is 7.40. The largest absolute Gasteiger partial charge is 0.480 e. The van der Waals surface area contributed by atoms with Gasteiger partial charge in [0, 0.05) is 19.5 Å². The molecule has 2 atom stereocenters. The van der Waals surface area contributed by atoms with Gasteiger partial charge in [-0.15, -0.1) is 0 Å². The minimum absolute atomic E-state index is 0.0909. The van der Waals surface area contributed by atoms with E-state index in [1.54, 1.807) is 11.8 Å². The Labute approximate surface area is 111 Å². The third kappa shape index (κ3) is 4.38. The standard InChI is InChI=1S/C11H20N2O4S/c1-18-5-3-2-4-12-11(17)13-7-8(14)6-9(13)10(15)16/h8-9,14H,2-7H2,1H3,(H,12,17)(H,15,16). The number of aliphatic hydroxyl groups excluding tert-OH is 1. The maximum atomic E-state index is 11.8. The lowest BCUT2D eigenvalue weighted by Gasteiger charge is -2.21. The molecule has 7 heteroatoms. The van der Waals surface area contributed by atoms with Gasteiger partial charge in [-0.3, -0.25) is 0 Å². The fourth-order valence-electron chi connectivity index (χ4n) is 1.94. The summed E-state index contributed by atoms with van der Waals surface area (Å²) in [6, 6.07) is -1.31. The Balaban J connectivity index is 2.33. The lowest BCUT2D eigenvalue weighted by Crippen LogP contribution is -2.46. The number of hydrogen-bond acceptors (Lipinski definition) is 4. The van der Waals surface area contributed by atoms with Gasteiger partial charge in [-0.2, -0.15) is 11.8 Å². The first kappa shape index (κ1) is 15.1. The molecule has 0 bridgehead atoms. The molecule has 0 saturated carbocycles. The lowest BCUT2D eigenvalue weighted by molar-refractivity contribution is -0.141. The van der Waals surface area contributed by atoms with E-state index in [9.17, 15) is 14.7 Å². The van der Waals surface area contributed by atoms with Crippen LogP contribution in [0.1, 0.15) is 19.3 Å². The van der Waals surface area contributed by atoms with Crippen LogP contribution in [0.15, 0.2) is 0 Å². The Bertz CT molecular complexity index is 301. The highest BCUT2D eigenvalue weighted by atomic mass is 32.2. The van der Waals surface area contributed by atoms with Crippen molar-refractivity contribution in [2.75, 3.05) is 25.1 Å². The highest BCUT2D eigenvalue weighted by molar-refractivity contribution is 7.98. The molecule has 104 valence electrons. The van der Waals surface area contributed by atoms with Crippen LogP contribution in [-0.4, -0.2) is 64.4 Å². The van der Waals surface area contributed by atoms with Gasteiger partial charge in [0.15, 0.2) is 0 Å². The number of likely N-dealkylation sites (tertiary alicyclic amines) is 1. The summed E-state index contributed by atoms with van der Waals surface area (Å²) < 4.78 is 0. The summed E-state index contributed by atoms with van der Waals surface area (Å²) in [7, 11) is 0. The molecular weight excluding hydrogens is 256 g/mol. The number of aliphatic carboxylic acids is 1. The molecule has 1 aliphatic rings. The fraction of sp³-hybridized carbons (Fsp3) is 0.818. The van der Waals surface area contributed by atoms with Crippen molar-refractivity contribution in [2.45, 2.75) is 31.4 Å². The normalized spacial score (nSPS) is 23.1. The number of β-amino-alcohol motifs (C(OH)–C–C–N with tert-alkyl or cyclic N) is 1. The number of aliphatic hydroxyl groups is 1. The molecule has 2 unspecified atom stereocenters. The quantitative estimate of drug-likeness (QED) is 0.609. The average molecular weight is 276 g/mol. The Morgan fingerprint density at radius 2 is 2.17 bits per heavy atom. The van der Waals surface area contributed by atoms with Gasteiger partial charge < -0.3 is 20.4 Å². The predicted molar refractivity (Wildman–Crippen MR) is 69.8 cm³/mol. The first-order valence-electron chi connectivity index (χ1n) is 6.00. The Hall–Kier alpha value is -0.950. The van der Waals surface area contributed by atoms with E-state index in [0.717, 1.165) is 18.6 Å². The topological polar surface area (TPSA) is 89.9 Å². The van der Waals surface area contributed by atoms with Gasteiger partial charge in [-0.25, -0.2) is 9.59 Å². The summed E-state index contributed by atoms with van der Waals surface area (Å²) in [6.45, 7) is 0.631. The molecule has 1 aliphatic heterocycles. The second-order valence-corrected chi connectivity index (χ2v) is 5.31. The highest BCUT2D eigenvalue weighted by Crippen LogP contribution is 2.18. The van der Waals surface area contributed by atoms with E-state index in [2.05, 4.69) is 5.32 Å². The molecular formula is C11H20N2O4S. The smallest absolute Gasteiger partial charge is 0.326 e. The van der Waals surface area contributed by atoms with Crippen LogP contribution < -0.4 is 5.32 Å². The molecule has 1 saturated heterocycles. The molecule has 1 heterocycles. The molecule has 18 heavy (non-hydrogen) atoms. The molecule has 1 fully saturated rings. The Morgan fingerprint density at radius 3 is 2.78 bits per heavy atom. The third-order valence-corrected chi connectivity index (χ3v) is 3.57. The van der Waals surface area contributed by atoms with E-state index in [-0.39, 0.29) is 13.0 Å². The van der Waals surface area contributed by atoms with Crippen LogP contribution in [0, 0.1) is 0 Å². The van der Waals surface area contributed by atoms with Gasteiger partial charge in [0.05, 0.1) is 6.10 Å².